The van der Waals surface area contributed by atoms with Crippen LogP contribution in [0.15, 0.2) is 18.7 Å². The van der Waals surface area contributed by atoms with E-state index >= 15 is 0 Å². The molecule has 0 N–H and O–H groups in total. The molecule has 15 heavy (non-hydrogen) atoms. The first-order valence-corrected chi connectivity index (χ1v) is 4.87. The summed E-state index contributed by atoms with van der Waals surface area (Å²) in [6, 6.07) is 1.86. The van der Waals surface area contributed by atoms with Crippen LogP contribution in [0.2, 0.25) is 0 Å². The predicted octanol–water partition coefficient (Wildman–Crippen LogP) is 1.67. The number of aryl methyl sites for hydroxylation is 1. The van der Waals surface area contributed by atoms with E-state index < -0.39 is 0 Å². The number of methoxy groups -OCH3 is 1. The van der Waals surface area contributed by atoms with Gasteiger partial charge in [-0.15, -0.1) is 6.58 Å². The van der Waals surface area contributed by atoms with Gasteiger partial charge in [0.05, 0.1) is 12.8 Å². The van der Waals surface area contributed by atoms with Crippen molar-refractivity contribution in [3.8, 4) is 5.88 Å². The Morgan fingerprint density at radius 2 is 2.20 bits per heavy atom. The molecule has 0 saturated heterocycles. The highest BCUT2D eigenvalue weighted by Crippen LogP contribution is 2.14. The molecule has 1 aromatic rings. The lowest BCUT2D eigenvalue weighted by atomic mass is 10.2. The summed E-state index contributed by atoms with van der Waals surface area (Å²) in [7, 11) is 5.43. The fourth-order valence-electron chi connectivity index (χ4n) is 1.14. The lowest BCUT2D eigenvalue weighted by Crippen LogP contribution is -2.14. The van der Waals surface area contributed by atoms with Crippen molar-refractivity contribution in [3.05, 3.63) is 24.4 Å². The lowest BCUT2D eigenvalue weighted by Gasteiger charge is -2.12. The van der Waals surface area contributed by atoms with Gasteiger partial charge in [-0.3, -0.25) is 0 Å². The maximum Gasteiger partial charge on any atom is 0.228 e. The van der Waals surface area contributed by atoms with Gasteiger partial charge in [0, 0.05) is 20.2 Å². The van der Waals surface area contributed by atoms with Gasteiger partial charge in [-0.1, -0.05) is 6.08 Å². The molecular weight excluding hydrogens is 190 g/mol. The first-order valence-electron chi connectivity index (χ1n) is 4.87. The maximum atomic E-state index is 5.12. The summed E-state index contributed by atoms with van der Waals surface area (Å²) in [6.45, 7) is 3.69. The minimum atomic E-state index is 0.604. The van der Waals surface area contributed by atoms with Gasteiger partial charge in [0.2, 0.25) is 11.8 Å². The van der Waals surface area contributed by atoms with E-state index in [1.807, 2.05) is 31.1 Å². The number of ether oxygens (including phenoxy) is 1. The molecule has 0 fully saturated rings. The van der Waals surface area contributed by atoms with Crippen LogP contribution < -0.4 is 9.64 Å². The molecule has 0 unspecified atom stereocenters. The van der Waals surface area contributed by atoms with Gasteiger partial charge in [-0.25, -0.2) is 4.98 Å². The Kier molecular flexibility index (Phi) is 4.09. The summed E-state index contributed by atoms with van der Waals surface area (Å²) < 4.78 is 5.12. The molecule has 1 heterocycles. The van der Waals surface area contributed by atoms with Crippen LogP contribution in [0.25, 0.3) is 0 Å². The molecule has 82 valence electrons. The summed E-state index contributed by atoms with van der Waals surface area (Å²) in [5.41, 5.74) is 0.977. The van der Waals surface area contributed by atoms with E-state index in [4.69, 9.17) is 4.74 Å². The van der Waals surface area contributed by atoms with Crippen molar-refractivity contribution < 1.29 is 4.74 Å². The normalized spacial score (nSPS) is 9.80. The maximum absolute atomic E-state index is 5.12. The van der Waals surface area contributed by atoms with Crippen molar-refractivity contribution in [2.24, 2.45) is 0 Å². The quantitative estimate of drug-likeness (QED) is 0.688. The molecule has 0 atom stereocenters. The minimum Gasteiger partial charge on any atom is -0.481 e. The number of nitrogens with zero attached hydrogens (tertiary/aromatic N) is 3. The highest BCUT2D eigenvalue weighted by molar-refractivity contribution is 5.32. The van der Waals surface area contributed by atoms with E-state index in [2.05, 4.69) is 16.5 Å². The molecule has 0 radical (unpaired) electrons. The third kappa shape index (κ3) is 3.23. The second-order valence-electron chi connectivity index (χ2n) is 3.42. The van der Waals surface area contributed by atoms with E-state index in [1.165, 1.54) is 0 Å². The fourth-order valence-corrected chi connectivity index (χ4v) is 1.14. The summed E-state index contributed by atoms with van der Waals surface area (Å²) in [5, 5.41) is 0. The monoisotopic (exact) mass is 207 g/mol. The second kappa shape index (κ2) is 5.34. The van der Waals surface area contributed by atoms with Crippen molar-refractivity contribution in [1.29, 1.82) is 0 Å². The highest BCUT2D eigenvalue weighted by Gasteiger charge is 2.05. The van der Waals surface area contributed by atoms with E-state index in [-0.39, 0.29) is 0 Å². The van der Waals surface area contributed by atoms with E-state index in [0.717, 1.165) is 18.5 Å². The molecule has 0 aliphatic carbocycles. The third-order valence-corrected chi connectivity index (χ3v) is 1.96. The Morgan fingerprint density at radius 3 is 2.73 bits per heavy atom. The van der Waals surface area contributed by atoms with Gasteiger partial charge < -0.3 is 9.64 Å². The van der Waals surface area contributed by atoms with Crippen LogP contribution in [0, 0.1) is 0 Å². The van der Waals surface area contributed by atoms with Crippen LogP contribution in [0.1, 0.15) is 12.1 Å². The topological polar surface area (TPSA) is 38.2 Å². The van der Waals surface area contributed by atoms with Crippen LogP contribution in [-0.2, 0) is 6.42 Å². The third-order valence-electron chi connectivity index (χ3n) is 1.96. The Bertz CT molecular complexity index is 337. The Morgan fingerprint density at radius 1 is 1.47 bits per heavy atom. The summed E-state index contributed by atoms with van der Waals surface area (Å²) in [6.07, 6.45) is 3.65. The van der Waals surface area contributed by atoms with Crippen LogP contribution in [0.5, 0.6) is 5.88 Å². The van der Waals surface area contributed by atoms with E-state index in [1.54, 1.807) is 7.11 Å². The zero-order valence-corrected chi connectivity index (χ0v) is 9.53. The number of rotatable bonds is 5. The van der Waals surface area contributed by atoms with Crippen molar-refractivity contribution in [3.63, 3.8) is 0 Å². The smallest absolute Gasteiger partial charge is 0.228 e. The minimum absolute atomic E-state index is 0.604. The first-order chi connectivity index (χ1) is 7.17. The SMILES string of the molecule is C=CCCc1cc(OC)nc(N(C)C)n1. The van der Waals surface area contributed by atoms with Crippen molar-refractivity contribution >= 4 is 5.95 Å². The number of hydrogen-bond acceptors (Lipinski definition) is 4. The van der Waals surface area contributed by atoms with Crippen LogP contribution in [-0.4, -0.2) is 31.2 Å². The molecule has 4 nitrogen and oxygen atoms in total. The van der Waals surface area contributed by atoms with Crippen molar-refractivity contribution in [2.45, 2.75) is 12.8 Å². The van der Waals surface area contributed by atoms with Crippen molar-refractivity contribution in [2.75, 3.05) is 26.1 Å². The highest BCUT2D eigenvalue weighted by atomic mass is 16.5. The van der Waals surface area contributed by atoms with Gasteiger partial charge in [0.15, 0.2) is 0 Å². The molecule has 0 aliphatic rings. The molecule has 0 amide bonds. The number of allylic oxidation sites excluding steroid dienone is 1. The summed E-state index contributed by atoms with van der Waals surface area (Å²) >= 11 is 0. The molecule has 1 aromatic heterocycles. The first kappa shape index (κ1) is 11.5. The Hall–Kier alpha value is -1.58. The number of aromatic nitrogens is 2. The molecule has 4 heteroatoms. The average Bonchev–Trinajstić information content (AvgIpc) is 2.25. The largest absolute Gasteiger partial charge is 0.481 e. The van der Waals surface area contributed by atoms with Gasteiger partial charge >= 0.3 is 0 Å². The zero-order chi connectivity index (χ0) is 11.3. The van der Waals surface area contributed by atoms with E-state index in [0.29, 0.717) is 11.8 Å². The van der Waals surface area contributed by atoms with Gasteiger partial charge in [0.25, 0.3) is 0 Å². The van der Waals surface area contributed by atoms with Crippen LogP contribution in [0.4, 0.5) is 5.95 Å². The predicted molar refractivity (Wildman–Crippen MR) is 61.4 cm³/mol. The fraction of sp³-hybridized carbons (Fsp3) is 0.455. The molecule has 0 aliphatic heterocycles. The zero-order valence-electron chi connectivity index (χ0n) is 9.53. The van der Waals surface area contributed by atoms with E-state index in [9.17, 15) is 0 Å². The van der Waals surface area contributed by atoms with Crippen LogP contribution in [0.3, 0.4) is 0 Å². The number of hydrogen-bond donors (Lipinski definition) is 0. The molecular formula is C11H17N3O. The standard InChI is InChI=1S/C11H17N3O/c1-5-6-7-9-8-10(15-4)13-11(12-9)14(2)3/h5,8H,1,6-7H2,2-4H3. The van der Waals surface area contributed by atoms with Crippen molar-refractivity contribution in [1.82, 2.24) is 9.97 Å². The Balaban J connectivity index is 2.94. The van der Waals surface area contributed by atoms with Gasteiger partial charge in [0.1, 0.15) is 0 Å². The molecule has 0 bridgehead atoms. The Labute approximate surface area is 90.6 Å². The average molecular weight is 207 g/mol. The van der Waals surface area contributed by atoms with Gasteiger partial charge in [-0.2, -0.15) is 4.98 Å². The molecule has 0 aromatic carbocycles. The lowest BCUT2D eigenvalue weighted by molar-refractivity contribution is 0.396. The second-order valence-corrected chi connectivity index (χ2v) is 3.42. The summed E-state index contributed by atoms with van der Waals surface area (Å²) in [5.74, 6) is 1.28. The molecule has 0 spiro atoms. The number of anilines is 1. The molecule has 0 saturated carbocycles. The van der Waals surface area contributed by atoms with Crippen LogP contribution >= 0.6 is 0 Å². The van der Waals surface area contributed by atoms with Gasteiger partial charge in [-0.05, 0) is 12.8 Å². The summed E-state index contributed by atoms with van der Waals surface area (Å²) in [4.78, 5) is 10.5. The molecule has 1 rings (SSSR count).